The Morgan fingerprint density at radius 2 is 1.79 bits per heavy atom. The SMILES string of the molecule is COc1c(Cl)cc(C)cc1C(C)(C)C. The van der Waals surface area contributed by atoms with Gasteiger partial charge in [0.2, 0.25) is 0 Å². The fourth-order valence-corrected chi connectivity index (χ4v) is 1.84. The van der Waals surface area contributed by atoms with E-state index in [9.17, 15) is 0 Å². The largest absolute Gasteiger partial charge is 0.495 e. The summed E-state index contributed by atoms with van der Waals surface area (Å²) in [5.41, 5.74) is 2.38. The van der Waals surface area contributed by atoms with Gasteiger partial charge in [-0.1, -0.05) is 38.4 Å². The van der Waals surface area contributed by atoms with Crippen molar-refractivity contribution in [2.75, 3.05) is 7.11 Å². The molecule has 1 nitrogen and oxygen atoms in total. The maximum absolute atomic E-state index is 6.12. The molecular formula is C12H17ClO. The Balaban J connectivity index is 3.40. The van der Waals surface area contributed by atoms with Crippen LogP contribution in [0.25, 0.3) is 0 Å². The molecule has 0 bridgehead atoms. The van der Waals surface area contributed by atoms with Crippen molar-refractivity contribution in [2.24, 2.45) is 0 Å². The molecule has 0 unspecified atom stereocenters. The van der Waals surface area contributed by atoms with Gasteiger partial charge in [-0.15, -0.1) is 0 Å². The van der Waals surface area contributed by atoms with Crippen LogP contribution in [0.3, 0.4) is 0 Å². The third-order valence-electron chi connectivity index (χ3n) is 2.20. The highest BCUT2D eigenvalue weighted by molar-refractivity contribution is 6.32. The topological polar surface area (TPSA) is 9.23 Å². The van der Waals surface area contributed by atoms with Gasteiger partial charge in [-0.2, -0.15) is 0 Å². The smallest absolute Gasteiger partial charge is 0.141 e. The second-order valence-electron chi connectivity index (χ2n) is 4.58. The van der Waals surface area contributed by atoms with E-state index in [1.165, 1.54) is 5.56 Å². The highest BCUT2D eigenvalue weighted by atomic mass is 35.5. The zero-order chi connectivity index (χ0) is 10.9. The van der Waals surface area contributed by atoms with E-state index in [0.717, 1.165) is 11.3 Å². The molecule has 1 rings (SSSR count). The van der Waals surface area contributed by atoms with E-state index in [-0.39, 0.29) is 5.41 Å². The molecule has 0 aliphatic rings. The highest BCUT2D eigenvalue weighted by Gasteiger charge is 2.20. The van der Waals surface area contributed by atoms with Crippen LogP contribution in [0.2, 0.25) is 5.02 Å². The molecule has 0 spiro atoms. The predicted molar refractivity (Wildman–Crippen MR) is 61.4 cm³/mol. The van der Waals surface area contributed by atoms with Crippen molar-refractivity contribution in [2.45, 2.75) is 33.1 Å². The zero-order valence-corrected chi connectivity index (χ0v) is 10.2. The first-order chi connectivity index (χ1) is 6.36. The van der Waals surface area contributed by atoms with Crippen molar-refractivity contribution >= 4 is 11.6 Å². The monoisotopic (exact) mass is 212 g/mol. The molecule has 0 heterocycles. The summed E-state index contributed by atoms with van der Waals surface area (Å²) in [5, 5.41) is 0.692. The van der Waals surface area contributed by atoms with Crippen LogP contribution in [-0.2, 0) is 5.41 Å². The van der Waals surface area contributed by atoms with E-state index in [2.05, 4.69) is 26.8 Å². The van der Waals surface area contributed by atoms with Crippen molar-refractivity contribution in [3.63, 3.8) is 0 Å². The molecule has 1 aromatic carbocycles. The lowest BCUT2D eigenvalue weighted by molar-refractivity contribution is 0.397. The van der Waals surface area contributed by atoms with E-state index >= 15 is 0 Å². The minimum atomic E-state index is 0.0566. The van der Waals surface area contributed by atoms with Crippen LogP contribution >= 0.6 is 11.6 Å². The number of hydrogen-bond acceptors (Lipinski definition) is 1. The lowest BCUT2D eigenvalue weighted by Crippen LogP contribution is -2.13. The van der Waals surface area contributed by atoms with Crippen molar-refractivity contribution in [1.82, 2.24) is 0 Å². The standard InChI is InChI=1S/C12H17ClO/c1-8-6-9(12(2,3)4)11(14-5)10(13)7-8/h6-7H,1-5H3. The fourth-order valence-electron chi connectivity index (χ4n) is 1.49. The quantitative estimate of drug-likeness (QED) is 0.685. The van der Waals surface area contributed by atoms with Gasteiger partial charge >= 0.3 is 0 Å². The Labute approximate surface area is 91.0 Å². The summed E-state index contributed by atoms with van der Waals surface area (Å²) >= 11 is 6.12. The number of rotatable bonds is 1. The number of methoxy groups -OCH3 is 1. The molecule has 0 aromatic heterocycles. The molecule has 0 radical (unpaired) electrons. The van der Waals surface area contributed by atoms with Gasteiger partial charge in [-0.05, 0) is 24.0 Å². The van der Waals surface area contributed by atoms with Gasteiger partial charge in [0.25, 0.3) is 0 Å². The molecule has 78 valence electrons. The van der Waals surface area contributed by atoms with Gasteiger partial charge in [0.1, 0.15) is 5.75 Å². The van der Waals surface area contributed by atoms with Gasteiger partial charge in [0.05, 0.1) is 12.1 Å². The molecule has 1 aromatic rings. The molecular weight excluding hydrogens is 196 g/mol. The summed E-state index contributed by atoms with van der Waals surface area (Å²) in [7, 11) is 1.66. The van der Waals surface area contributed by atoms with Crippen LogP contribution < -0.4 is 4.74 Å². The molecule has 2 heteroatoms. The molecule has 0 saturated carbocycles. The van der Waals surface area contributed by atoms with Crippen molar-refractivity contribution in [3.8, 4) is 5.75 Å². The van der Waals surface area contributed by atoms with E-state index in [0.29, 0.717) is 5.02 Å². The minimum Gasteiger partial charge on any atom is -0.495 e. The lowest BCUT2D eigenvalue weighted by atomic mass is 9.85. The number of halogens is 1. The summed E-state index contributed by atoms with van der Waals surface area (Å²) in [6.45, 7) is 8.50. The summed E-state index contributed by atoms with van der Waals surface area (Å²) in [4.78, 5) is 0. The van der Waals surface area contributed by atoms with Crippen LogP contribution in [-0.4, -0.2) is 7.11 Å². The third kappa shape index (κ3) is 2.21. The Morgan fingerprint density at radius 1 is 1.21 bits per heavy atom. The maximum atomic E-state index is 6.12. The second-order valence-corrected chi connectivity index (χ2v) is 4.98. The van der Waals surface area contributed by atoms with Crippen LogP contribution in [0.1, 0.15) is 31.9 Å². The van der Waals surface area contributed by atoms with E-state index in [1.807, 2.05) is 13.0 Å². The average Bonchev–Trinajstić information content (AvgIpc) is 2.01. The van der Waals surface area contributed by atoms with Gasteiger partial charge in [0.15, 0.2) is 0 Å². The first-order valence-electron chi connectivity index (χ1n) is 4.71. The molecule has 0 aliphatic carbocycles. The summed E-state index contributed by atoms with van der Waals surface area (Å²) in [5.74, 6) is 0.796. The second kappa shape index (κ2) is 3.82. The summed E-state index contributed by atoms with van der Waals surface area (Å²) in [6.07, 6.45) is 0. The Hall–Kier alpha value is -0.690. The minimum absolute atomic E-state index is 0.0566. The van der Waals surface area contributed by atoms with Crippen LogP contribution in [0.15, 0.2) is 12.1 Å². The first-order valence-corrected chi connectivity index (χ1v) is 5.08. The Kier molecular flexibility index (Phi) is 3.10. The van der Waals surface area contributed by atoms with Crippen molar-refractivity contribution < 1.29 is 4.74 Å². The molecule has 0 aliphatic heterocycles. The molecule has 0 fully saturated rings. The van der Waals surface area contributed by atoms with Crippen LogP contribution in [0.5, 0.6) is 5.75 Å². The van der Waals surface area contributed by atoms with E-state index < -0.39 is 0 Å². The highest BCUT2D eigenvalue weighted by Crippen LogP contribution is 2.37. The lowest BCUT2D eigenvalue weighted by Gasteiger charge is -2.23. The molecule has 0 N–H and O–H groups in total. The predicted octanol–water partition coefficient (Wildman–Crippen LogP) is 3.95. The van der Waals surface area contributed by atoms with Crippen LogP contribution in [0, 0.1) is 6.92 Å². The van der Waals surface area contributed by atoms with E-state index in [1.54, 1.807) is 7.11 Å². The number of ether oxygens (including phenoxy) is 1. The number of aryl methyl sites for hydroxylation is 1. The van der Waals surface area contributed by atoms with Crippen molar-refractivity contribution in [3.05, 3.63) is 28.3 Å². The van der Waals surface area contributed by atoms with E-state index in [4.69, 9.17) is 16.3 Å². The zero-order valence-electron chi connectivity index (χ0n) is 9.44. The normalized spacial score (nSPS) is 11.6. The first kappa shape index (κ1) is 11.4. The fraction of sp³-hybridized carbons (Fsp3) is 0.500. The van der Waals surface area contributed by atoms with Gasteiger partial charge in [-0.3, -0.25) is 0 Å². The van der Waals surface area contributed by atoms with Gasteiger partial charge < -0.3 is 4.74 Å². The van der Waals surface area contributed by atoms with Crippen molar-refractivity contribution in [1.29, 1.82) is 0 Å². The Morgan fingerprint density at radius 3 is 2.21 bits per heavy atom. The third-order valence-corrected chi connectivity index (χ3v) is 2.48. The molecule has 14 heavy (non-hydrogen) atoms. The summed E-state index contributed by atoms with van der Waals surface area (Å²) < 4.78 is 5.33. The average molecular weight is 213 g/mol. The summed E-state index contributed by atoms with van der Waals surface area (Å²) in [6, 6.07) is 4.06. The van der Waals surface area contributed by atoms with Gasteiger partial charge in [0, 0.05) is 5.56 Å². The van der Waals surface area contributed by atoms with Crippen LogP contribution in [0.4, 0.5) is 0 Å². The molecule has 0 atom stereocenters. The van der Waals surface area contributed by atoms with Gasteiger partial charge in [-0.25, -0.2) is 0 Å². The molecule has 0 saturated heterocycles. The number of benzene rings is 1. The Bertz CT molecular complexity index is 337. The number of hydrogen-bond donors (Lipinski definition) is 0. The maximum Gasteiger partial charge on any atom is 0.141 e. The molecule has 0 amide bonds.